The van der Waals surface area contributed by atoms with Gasteiger partial charge in [-0.3, -0.25) is 14.9 Å². The van der Waals surface area contributed by atoms with E-state index in [-0.39, 0.29) is 5.91 Å². The Labute approximate surface area is 83.1 Å². The second-order valence-electron chi connectivity index (χ2n) is 3.29. The SMILES string of the molecule is CNC1=C(C(=O)NC=O)CN(C)CC1. The average molecular weight is 197 g/mol. The summed E-state index contributed by atoms with van der Waals surface area (Å²) in [4.78, 5) is 23.6. The normalized spacial score (nSPS) is 17.9. The van der Waals surface area contributed by atoms with Gasteiger partial charge in [0.15, 0.2) is 0 Å². The lowest BCUT2D eigenvalue weighted by Crippen LogP contribution is -2.38. The highest BCUT2D eigenvalue weighted by atomic mass is 16.2. The van der Waals surface area contributed by atoms with Crippen LogP contribution in [0.15, 0.2) is 11.3 Å². The van der Waals surface area contributed by atoms with E-state index in [0.29, 0.717) is 18.5 Å². The Morgan fingerprint density at radius 2 is 2.29 bits per heavy atom. The summed E-state index contributed by atoms with van der Waals surface area (Å²) in [6.45, 7) is 1.50. The van der Waals surface area contributed by atoms with Crippen molar-refractivity contribution in [1.29, 1.82) is 0 Å². The maximum Gasteiger partial charge on any atom is 0.256 e. The van der Waals surface area contributed by atoms with Crippen molar-refractivity contribution in [3.8, 4) is 0 Å². The standard InChI is InChI=1S/C9H15N3O2/c1-10-8-3-4-12(2)5-7(8)9(14)11-6-13/h6,10H,3-5H2,1-2H3,(H,11,13,14). The Hall–Kier alpha value is -1.36. The van der Waals surface area contributed by atoms with Crippen molar-refractivity contribution < 1.29 is 9.59 Å². The van der Waals surface area contributed by atoms with Crippen molar-refractivity contribution in [2.24, 2.45) is 0 Å². The van der Waals surface area contributed by atoms with Crippen LogP contribution in [0.2, 0.25) is 0 Å². The molecule has 0 unspecified atom stereocenters. The average Bonchev–Trinajstić information content (AvgIpc) is 2.18. The zero-order chi connectivity index (χ0) is 10.6. The number of hydrogen-bond donors (Lipinski definition) is 2. The third kappa shape index (κ3) is 2.32. The first kappa shape index (κ1) is 10.7. The maximum atomic E-state index is 11.4. The molecule has 0 spiro atoms. The van der Waals surface area contributed by atoms with Crippen molar-refractivity contribution in [2.45, 2.75) is 6.42 Å². The molecule has 0 saturated carbocycles. The van der Waals surface area contributed by atoms with Crippen LogP contribution in [0.25, 0.3) is 0 Å². The van der Waals surface area contributed by atoms with E-state index in [1.807, 2.05) is 11.9 Å². The van der Waals surface area contributed by atoms with Gasteiger partial charge in [-0.15, -0.1) is 0 Å². The molecule has 0 bridgehead atoms. The number of carbonyl (C=O) groups excluding carboxylic acids is 2. The van der Waals surface area contributed by atoms with Crippen molar-refractivity contribution in [1.82, 2.24) is 15.5 Å². The van der Waals surface area contributed by atoms with Crippen LogP contribution in [0.1, 0.15) is 6.42 Å². The molecular weight excluding hydrogens is 182 g/mol. The molecule has 2 N–H and O–H groups in total. The first-order chi connectivity index (χ1) is 6.69. The van der Waals surface area contributed by atoms with Crippen LogP contribution in [0, 0.1) is 0 Å². The van der Waals surface area contributed by atoms with Gasteiger partial charge in [0.25, 0.3) is 5.91 Å². The molecule has 5 heteroatoms. The number of carbonyl (C=O) groups is 2. The molecule has 1 aliphatic heterocycles. The molecule has 0 aromatic rings. The fourth-order valence-electron chi connectivity index (χ4n) is 1.52. The van der Waals surface area contributed by atoms with Crippen LogP contribution in [0.5, 0.6) is 0 Å². The maximum absolute atomic E-state index is 11.4. The predicted octanol–water partition coefficient (Wildman–Crippen LogP) is -0.932. The van der Waals surface area contributed by atoms with Gasteiger partial charge >= 0.3 is 0 Å². The van der Waals surface area contributed by atoms with Crippen LogP contribution in [0.4, 0.5) is 0 Å². The topological polar surface area (TPSA) is 61.4 Å². The van der Waals surface area contributed by atoms with E-state index in [2.05, 4.69) is 10.6 Å². The Kier molecular flexibility index (Phi) is 3.64. The van der Waals surface area contributed by atoms with Gasteiger partial charge in [-0.25, -0.2) is 0 Å². The molecule has 0 aromatic carbocycles. The zero-order valence-corrected chi connectivity index (χ0v) is 8.46. The number of likely N-dealkylation sites (N-methyl/N-ethyl adjacent to an activating group) is 1. The molecule has 0 saturated heterocycles. The van der Waals surface area contributed by atoms with Crippen molar-refractivity contribution in [3.63, 3.8) is 0 Å². The lowest BCUT2D eigenvalue weighted by Gasteiger charge is -2.26. The van der Waals surface area contributed by atoms with Gasteiger partial charge in [0.2, 0.25) is 6.41 Å². The molecule has 14 heavy (non-hydrogen) atoms. The minimum absolute atomic E-state index is 0.309. The summed E-state index contributed by atoms with van der Waals surface area (Å²) >= 11 is 0. The number of imide groups is 1. The van der Waals surface area contributed by atoms with Gasteiger partial charge in [0.1, 0.15) is 0 Å². The van der Waals surface area contributed by atoms with E-state index in [0.717, 1.165) is 18.7 Å². The second kappa shape index (κ2) is 4.76. The molecular formula is C9H15N3O2. The number of amides is 2. The fraction of sp³-hybridized carbons (Fsp3) is 0.556. The minimum Gasteiger partial charge on any atom is -0.391 e. The van der Waals surface area contributed by atoms with Crippen molar-refractivity contribution >= 4 is 12.3 Å². The summed E-state index contributed by atoms with van der Waals surface area (Å²) in [5, 5.41) is 5.15. The zero-order valence-electron chi connectivity index (χ0n) is 8.46. The largest absolute Gasteiger partial charge is 0.391 e. The lowest BCUT2D eigenvalue weighted by molar-refractivity contribution is -0.122. The molecule has 1 heterocycles. The molecule has 0 atom stereocenters. The summed E-state index contributed by atoms with van der Waals surface area (Å²) in [6, 6.07) is 0. The molecule has 0 radical (unpaired) electrons. The highest BCUT2D eigenvalue weighted by molar-refractivity contribution is 6.00. The van der Waals surface area contributed by atoms with E-state index >= 15 is 0 Å². The molecule has 5 nitrogen and oxygen atoms in total. The van der Waals surface area contributed by atoms with E-state index in [1.54, 1.807) is 7.05 Å². The van der Waals surface area contributed by atoms with Crippen molar-refractivity contribution in [3.05, 3.63) is 11.3 Å². The van der Waals surface area contributed by atoms with Gasteiger partial charge in [0.05, 0.1) is 5.57 Å². The van der Waals surface area contributed by atoms with E-state index < -0.39 is 0 Å². The third-order valence-corrected chi connectivity index (χ3v) is 2.30. The van der Waals surface area contributed by atoms with Gasteiger partial charge in [-0.2, -0.15) is 0 Å². The van der Waals surface area contributed by atoms with Crippen LogP contribution < -0.4 is 10.6 Å². The van der Waals surface area contributed by atoms with E-state index in [4.69, 9.17) is 0 Å². The van der Waals surface area contributed by atoms with E-state index in [1.165, 1.54) is 0 Å². The molecule has 0 fully saturated rings. The molecule has 1 aliphatic rings. The summed E-state index contributed by atoms with van der Waals surface area (Å²) in [5.41, 5.74) is 1.57. The fourth-order valence-corrected chi connectivity index (χ4v) is 1.52. The van der Waals surface area contributed by atoms with Crippen LogP contribution in [-0.4, -0.2) is 44.4 Å². The summed E-state index contributed by atoms with van der Waals surface area (Å²) in [5.74, 6) is -0.309. The lowest BCUT2D eigenvalue weighted by atomic mass is 10.1. The monoisotopic (exact) mass is 197 g/mol. The van der Waals surface area contributed by atoms with E-state index in [9.17, 15) is 9.59 Å². The Morgan fingerprint density at radius 1 is 1.57 bits per heavy atom. The first-order valence-corrected chi connectivity index (χ1v) is 4.52. The highest BCUT2D eigenvalue weighted by Gasteiger charge is 2.20. The van der Waals surface area contributed by atoms with Gasteiger partial charge in [0, 0.05) is 32.3 Å². The molecule has 0 aliphatic carbocycles. The molecule has 0 aromatic heterocycles. The van der Waals surface area contributed by atoms with Crippen LogP contribution in [-0.2, 0) is 9.59 Å². The number of rotatable bonds is 3. The molecule has 78 valence electrons. The minimum atomic E-state index is -0.309. The number of nitrogens with one attached hydrogen (secondary N) is 2. The third-order valence-electron chi connectivity index (χ3n) is 2.30. The van der Waals surface area contributed by atoms with Crippen LogP contribution in [0.3, 0.4) is 0 Å². The first-order valence-electron chi connectivity index (χ1n) is 4.52. The second-order valence-corrected chi connectivity index (χ2v) is 3.29. The number of hydrogen-bond acceptors (Lipinski definition) is 4. The summed E-state index contributed by atoms with van der Waals surface area (Å²) in [6.07, 6.45) is 1.23. The Morgan fingerprint density at radius 3 is 2.86 bits per heavy atom. The molecule has 2 amide bonds. The quantitative estimate of drug-likeness (QED) is 0.574. The van der Waals surface area contributed by atoms with Gasteiger partial charge in [-0.1, -0.05) is 0 Å². The summed E-state index contributed by atoms with van der Waals surface area (Å²) < 4.78 is 0. The number of nitrogens with zero attached hydrogens (tertiary/aromatic N) is 1. The van der Waals surface area contributed by atoms with Crippen molar-refractivity contribution in [2.75, 3.05) is 27.2 Å². The molecule has 1 rings (SSSR count). The Balaban J connectivity index is 2.82. The Bertz CT molecular complexity index is 273. The highest BCUT2D eigenvalue weighted by Crippen LogP contribution is 2.13. The predicted molar refractivity (Wildman–Crippen MR) is 52.4 cm³/mol. The van der Waals surface area contributed by atoms with Crippen LogP contribution >= 0.6 is 0 Å². The summed E-state index contributed by atoms with van der Waals surface area (Å²) in [7, 11) is 3.73. The van der Waals surface area contributed by atoms with Gasteiger partial charge in [-0.05, 0) is 7.05 Å². The smallest absolute Gasteiger partial charge is 0.256 e. The van der Waals surface area contributed by atoms with Gasteiger partial charge < -0.3 is 10.2 Å².